The van der Waals surface area contributed by atoms with Crippen LogP contribution in [0, 0.1) is 12.7 Å². The van der Waals surface area contributed by atoms with Gasteiger partial charge in [0.2, 0.25) is 11.0 Å². The summed E-state index contributed by atoms with van der Waals surface area (Å²) in [4.78, 5) is 22.0. The van der Waals surface area contributed by atoms with Crippen LogP contribution < -0.4 is 10.2 Å². The Morgan fingerprint density at radius 1 is 1.43 bits per heavy atom. The van der Waals surface area contributed by atoms with Crippen LogP contribution in [0.25, 0.3) is 0 Å². The van der Waals surface area contributed by atoms with E-state index in [-0.39, 0.29) is 11.7 Å². The van der Waals surface area contributed by atoms with Gasteiger partial charge in [-0.3, -0.25) is 10.1 Å². The topological polar surface area (TPSA) is 83.9 Å². The summed E-state index contributed by atoms with van der Waals surface area (Å²) < 4.78 is 13.8. The summed E-state index contributed by atoms with van der Waals surface area (Å²) >= 11 is 2.47. The molecule has 23 heavy (non-hydrogen) atoms. The minimum Gasteiger partial charge on any atom is -0.354 e. The second-order valence-electron chi connectivity index (χ2n) is 4.98. The zero-order chi connectivity index (χ0) is 16.2. The molecule has 1 aliphatic heterocycles. The zero-order valence-corrected chi connectivity index (χ0v) is 14.1. The van der Waals surface area contributed by atoms with Crippen LogP contribution in [-0.2, 0) is 4.79 Å². The average molecular weight is 354 g/mol. The molecule has 0 saturated carbocycles. The summed E-state index contributed by atoms with van der Waals surface area (Å²) in [5.74, 6) is -0.198. The van der Waals surface area contributed by atoms with E-state index in [0.29, 0.717) is 16.1 Å². The highest BCUT2D eigenvalue weighted by atomic mass is 32.2. The second kappa shape index (κ2) is 7.18. The molecular weight excluding hydrogens is 339 g/mol. The van der Waals surface area contributed by atoms with Gasteiger partial charge in [-0.15, -0.1) is 10.2 Å². The van der Waals surface area contributed by atoms with E-state index in [4.69, 9.17) is 0 Å². The Morgan fingerprint density at radius 3 is 2.91 bits per heavy atom. The number of thioether (sulfide) groups is 1. The molecule has 0 aliphatic carbocycles. The molecule has 1 saturated heterocycles. The maximum absolute atomic E-state index is 13.8. The van der Waals surface area contributed by atoms with Crippen LogP contribution >= 0.6 is 23.1 Å². The number of aryl methyl sites for hydroxylation is 1. The molecule has 2 aromatic rings. The fourth-order valence-electron chi connectivity index (χ4n) is 2.20. The molecule has 1 N–H and O–H groups in total. The van der Waals surface area contributed by atoms with Gasteiger partial charge >= 0.3 is 0 Å². The van der Waals surface area contributed by atoms with Gasteiger partial charge in [0, 0.05) is 13.1 Å². The van der Waals surface area contributed by atoms with Crippen molar-refractivity contribution in [2.24, 2.45) is 0 Å². The van der Waals surface area contributed by atoms with Crippen LogP contribution in [0.5, 0.6) is 0 Å². The van der Waals surface area contributed by atoms with Gasteiger partial charge in [-0.25, -0.2) is 14.4 Å². The van der Waals surface area contributed by atoms with Crippen molar-refractivity contribution in [3.8, 4) is 0 Å². The molecule has 1 amide bonds. The fourth-order valence-corrected chi connectivity index (χ4v) is 3.41. The number of aromatic nitrogens is 4. The number of halogens is 1. The SMILES string of the molecule is Cc1nnc(NC(=O)CSc2ncc(F)c(N3CCCC3)n2)s1. The quantitative estimate of drug-likeness (QED) is 0.650. The van der Waals surface area contributed by atoms with Gasteiger partial charge in [0.15, 0.2) is 16.8 Å². The summed E-state index contributed by atoms with van der Waals surface area (Å²) in [6.07, 6.45) is 3.24. The van der Waals surface area contributed by atoms with E-state index in [1.54, 1.807) is 0 Å². The standard InChI is InChI=1S/C13H15FN6OS2/c1-8-18-19-13(23-8)16-10(21)7-22-12-15-6-9(14)11(17-12)20-4-2-3-5-20/h6H,2-5,7H2,1H3,(H,16,19,21). The van der Waals surface area contributed by atoms with Crippen molar-refractivity contribution >= 4 is 40.0 Å². The lowest BCUT2D eigenvalue weighted by Gasteiger charge is -2.17. The average Bonchev–Trinajstić information content (AvgIpc) is 3.18. The maximum atomic E-state index is 13.8. The minimum absolute atomic E-state index is 0.129. The summed E-state index contributed by atoms with van der Waals surface area (Å²) in [7, 11) is 0. The molecule has 0 unspecified atom stereocenters. The highest BCUT2D eigenvalue weighted by molar-refractivity contribution is 7.99. The van der Waals surface area contributed by atoms with Gasteiger partial charge in [0.1, 0.15) is 5.01 Å². The molecular formula is C13H15FN6OS2. The fraction of sp³-hybridized carbons (Fsp3) is 0.462. The van der Waals surface area contributed by atoms with Crippen LogP contribution in [0.1, 0.15) is 17.8 Å². The second-order valence-corrected chi connectivity index (χ2v) is 7.11. The van der Waals surface area contributed by atoms with Crippen molar-refractivity contribution in [2.45, 2.75) is 24.9 Å². The Labute approximate surface area is 140 Å². The van der Waals surface area contributed by atoms with Crippen LogP contribution in [0.15, 0.2) is 11.4 Å². The van der Waals surface area contributed by atoms with Gasteiger partial charge < -0.3 is 4.90 Å². The van der Waals surface area contributed by atoms with Crippen molar-refractivity contribution in [1.82, 2.24) is 20.2 Å². The number of hydrogen-bond donors (Lipinski definition) is 1. The smallest absolute Gasteiger partial charge is 0.236 e. The van der Waals surface area contributed by atoms with Gasteiger partial charge in [0.25, 0.3) is 0 Å². The minimum atomic E-state index is -0.426. The van der Waals surface area contributed by atoms with Crippen LogP contribution in [0.3, 0.4) is 0 Å². The largest absolute Gasteiger partial charge is 0.354 e. The third-order valence-corrected chi connectivity index (χ3v) is 4.83. The Bertz CT molecular complexity index is 704. The van der Waals surface area contributed by atoms with E-state index in [1.165, 1.54) is 23.1 Å². The molecule has 0 spiro atoms. The summed E-state index contributed by atoms with van der Waals surface area (Å²) in [5, 5.41) is 11.9. The predicted molar refractivity (Wildman–Crippen MR) is 87.4 cm³/mol. The molecule has 0 atom stereocenters. The monoisotopic (exact) mass is 354 g/mol. The predicted octanol–water partition coefficient (Wildman–Crippen LogP) is 2.11. The normalized spacial score (nSPS) is 14.3. The third kappa shape index (κ3) is 4.14. The molecule has 3 rings (SSSR count). The lowest BCUT2D eigenvalue weighted by Crippen LogP contribution is -2.21. The first kappa shape index (κ1) is 16.1. The van der Waals surface area contributed by atoms with Crippen molar-refractivity contribution in [3.05, 3.63) is 17.0 Å². The van der Waals surface area contributed by atoms with Crippen molar-refractivity contribution < 1.29 is 9.18 Å². The first-order valence-corrected chi connectivity index (χ1v) is 8.92. The van der Waals surface area contributed by atoms with Gasteiger partial charge in [0.05, 0.1) is 11.9 Å². The Morgan fingerprint density at radius 2 is 2.22 bits per heavy atom. The summed E-state index contributed by atoms with van der Waals surface area (Å²) in [6.45, 7) is 3.41. The Balaban J connectivity index is 1.59. The third-order valence-electron chi connectivity index (χ3n) is 3.21. The molecule has 0 radical (unpaired) electrons. The van der Waals surface area contributed by atoms with Crippen molar-refractivity contribution in [2.75, 3.05) is 29.1 Å². The van der Waals surface area contributed by atoms with Crippen LogP contribution in [-0.4, -0.2) is 44.9 Å². The van der Waals surface area contributed by atoms with Crippen molar-refractivity contribution in [1.29, 1.82) is 0 Å². The number of rotatable bonds is 5. The first-order chi connectivity index (χ1) is 11.1. The molecule has 0 aromatic carbocycles. The van der Waals surface area contributed by atoms with E-state index in [2.05, 4.69) is 25.5 Å². The molecule has 0 bridgehead atoms. The molecule has 7 nitrogen and oxygen atoms in total. The van der Waals surface area contributed by atoms with E-state index in [0.717, 1.165) is 37.1 Å². The highest BCUT2D eigenvalue weighted by Gasteiger charge is 2.19. The highest BCUT2D eigenvalue weighted by Crippen LogP contribution is 2.24. The summed E-state index contributed by atoms with van der Waals surface area (Å²) in [6, 6.07) is 0. The number of carbonyl (C=O) groups is 1. The maximum Gasteiger partial charge on any atom is 0.236 e. The van der Waals surface area contributed by atoms with Crippen molar-refractivity contribution in [3.63, 3.8) is 0 Å². The van der Waals surface area contributed by atoms with Crippen LogP contribution in [0.2, 0.25) is 0 Å². The number of nitrogens with zero attached hydrogens (tertiary/aromatic N) is 5. The molecule has 1 fully saturated rings. The number of carbonyl (C=O) groups excluding carboxylic acids is 1. The van der Waals surface area contributed by atoms with E-state index in [9.17, 15) is 9.18 Å². The van der Waals surface area contributed by atoms with E-state index >= 15 is 0 Å². The molecule has 10 heteroatoms. The molecule has 3 heterocycles. The Kier molecular flexibility index (Phi) is 5.01. The summed E-state index contributed by atoms with van der Waals surface area (Å²) in [5.41, 5.74) is 0. The van der Waals surface area contributed by atoms with E-state index in [1.807, 2.05) is 11.8 Å². The molecule has 2 aromatic heterocycles. The lowest BCUT2D eigenvalue weighted by atomic mass is 10.4. The van der Waals surface area contributed by atoms with E-state index < -0.39 is 5.82 Å². The number of anilines is 2. The molecule has 1 aliphatic rings. The Hall–Kier alpha value is -1.81. The van der Waals surface area contributed by atoms with Gasteiger partial charge in [-0.05, 0) is 19.8 Å². The lowest BCUT2D eigenvalue weighted by molar-refractivity contribution is -0.113. The molecule has 122 valence electrons. The van der Waals surface area contributed by atoms with Crippen LogP contribution in [0.4, 0.5) is 15.3 Å². The number of hydrogen-bond acceptors (Lipinski definition) is 8. The zero-order valence-electron chi connectivity index (χ0n) is 12.5. The van der Waals surface area contributed by atoms with Gasteiger partial charge in [-0.2, -0.15) is 0 Å². The first-order valence-electron chi connectivity index (χ1n) is 7.12. The number of nitrogens with one attached hydrogen (secondary N) is 1. The number of amides is 1. The van der Waals surface area contributed by atoms with Gasteiger partial charge in [-0.1, -0.05) is 23.1 Å².